The van der Waals surface area contributed by atoms with Gasteiger partial charge in [0.2, 0.25) is 0 Å². The molecular formula is C12H19Cl2N2O+. The summed E-state index contributed by atoms with van der Waals surface area (Å²) in [7, 11) is 0. The number of nitrogens with two attached hydrogens (primary N) is 2. The van der Waals surface area contributed by atoms with E-state index in [4.69, 9.17) is 28.9 Å². The number of hydrogen-bond donors (Lipinski definition) is 3. The van der Waals surface area contributed by atoms with Crippen LogP contribution in [0.2, 0.25) is 10.0 Å². The van der Waals surface area contributed by atoms with Crippen LogP contribution in [0.1, 0.15) is 32.4 Å². The van der Waals surface area contributed by atoms with Gasteiger partial charge in [0.15, 0.2) is 0 Å². The van der Waals surface area contributed by atoms with E-state index in [2.05, 4.69) is 26.1 Å². The Morgan fingerprint density at radius 2 is 1.76 bits per heavy atom. The zero-order chi connectivity index (χ0) is 13.2. The molecular weight excluding hydrogens is 259 g/mol. The summed E-state index contributed by atoms with van der Waals surface area (Å²) in [4.78, 5) is 0. The molecule has 0 spiro atoms. The molecule has 1 rings (SSSR count). The third kappa shape index (κ3) is 4.36. The fourth-order valence-electron chi connectivity index (χ4n) is 1.40. The number of anilines is 1. The average molecular weight is 278 g/mol. The van der Waals surface area contributed by atoms with E-state index >= 15 is 0 Å². The summed E-state index contributed by atoms with van der Waals surface area (Å²) in [6.45, 7) is 6.81. The molecule has 0 aliphatic carbocycles. The van der Waals surface area contributed by atoms with Crippen LogP contribution in [0.5, 0.6) is 0 Å². The summed E-state index contributed by atoms with van der Waals surface area (Å²) < 4.78 is 0. The van der Waals surface area contributed by atoms with Gasteiger partial charge in [0.25, 0.3) is 0 Å². The van der Waals surface area contributed by atoms with Crippen molar-refractivity contribution in [2.45, 2.75) is 32.4 Å². The number of benzene rings is 1. The van der Waals surface area contributed by atoms with E-state index in [9.17, 15) is 5.11 Å². The van der Waals surface area contributed by atoms with Crippen molar-refractivity contribution in [1.29, 1.82) is 0 Å². The van der Waals surface area contributed by atoms with Gasteiger partial charge in [0.05, 0.1) is 21.3 Å². The minimum absolute atomic E-state index is 0.0718. The van der Waals surface area contributed by atoms with E-state index in [-0.39, 0.29) is 5.54 Å². The highest BCUT2D eigenvalue weighted by Crippen LogP contribution is 2.30. The Morgan fingerprint density at radius 1 is 1.29 bits per heavy atom. The van der Waals surface area contributed by atoms with Crippen molar-refractivity contribution < 1.29 is 10.4 Å². The van der Waals surface area contributed by atoms with E-state index in [1.807, 2.05) is 0 Å². The van der Waals surface area contributed by atoms with E-state index in [1.165, 1.54) is 0 Å². The van der Waals surface area contributed by atoms with E-state index in [1.54, 1.807) is 12.1 Å². The van der Waals surface area contributed by atoms with Crippen molar-refractivity contribution >= 4 is 28.9 Å². The van der Waals surface area contributed by atoms with Gasteiger partial charge in [-0.05, 0) is 38.5 Å². The first-order valence-electron chi connectivity index (χ1n) is 5.47. The Balaban J connectivity index is 2.79. The molecule has 5 N–H and O–H groups in total. The molecule has 0 aliphatic rings. The highest BCUT2D eigenvalue weighted by molar-refractivity contribution is 6.38. The Labute approximate surface area is 112 Å². The lowest BCUT2D eigenvalue weighted by atomic mass is 10.1. The Kier molecular flexibility index (Phi) is 4.67. The molecule has 0 unspecified atom stereocenters. The maximum atomic E-state index is 10.0. The summed E-state index contributed by atoms with van der Waals surface area (Å²) in [6, 6.07) is 3.31. The minimum Gasteiger partial charge on any atom is -0.396 e. The first-order chi connectivity index (χ1) is 7.70. The van der Waals surface area contributed by atoms with Gasteiger partial charge in [-0.1, -0.05) is 23.2 Å². The van der Waals surface area contributed by atoms with Gasteiger partial charge in [0.1, 0.15) is 12.6 Å². The number of quaternary nitrogens is 1. The summed E-state index contributed by atoms with van der Waals surface area (Å²) in [5.41, 5.74) is 6.75. The molecule has 17 heavy (non-hydrogen) atoms. The van der Waals surface area contributed by atoms with Crippen molar-refractivity contribution in [3.63, 3.8) is 0 Å². The van der Waals surface area contributed by atoms with Crippen molar-refractivity contribution in [3.05, 3.63) is 27.7 Å². The van der Waals surface area contributed by atoms with Crippen LogP contribution in [0.3, 0.4) is 0 Å². The van der Waals surface area contributed by atoms with Gasteiger partial charge in [-0.15, -0.1) is 0 Å². The quantitative estimate of drug-likeness (QED) is 0.740. The summed E-state index contributed by atoms with van der Waals surface area (Å²) >= 11 is 11.8. The van der Waals surface area contributed by atoms with Gasteiger partial charge < -0.3 is 16.2 Å². The van der Waals surface area contributed by atoms with E-state index in [0.717, 1.165) is 0 Å². The number of rotatable bonds is 3. The fourth-order valence-corrected chi connectivity index (χ4v) is 1.90. The second kappa shape index (κ2) is 5.44. The third-order valence-corrected chi connectivity index (χ3v) is 3.07. The largest absolute Gasteiger partial charge is 0.396 e. The van der Waals surface area contributed by atoms with Crippen LogP contribution in [0.25, 0.3) is 0 Å². The van der Waals surface area contributed by atoms with Gasteiger partial charge >= 0.3 is 0 Å². The molecule has 0 bridgehead atoms. The number of hydrogen-bond acceptors (Lipinski definition) is 2. The molecule has 0 heterocycles. The summed E-state index contributed by atoms with van der Waals surface area (Å²) in [5.74, 6) is 0. The molecule has 0 saturated heterocycles. The first-order valence-corrected chi connectivity index (χ1v) is 6.23. The highest BCUT2D eigenvalue weighted by atomic mass is 35.5. The molecule has 0 saturated carbocycles. The van der Waals surface area contributed by atoms with Crippen molar-refractivity contribution in [2.24, 2.45) is 0 Å². The van der Waals surface area contributed by atoms with Crippen LogP contribution in [0, 0.1) is 0 Å². The van der Waals surface area contributed by atoms with Crippen molar-refractivity contribution in [3.8, 4) is 0 Å². The standard InChI is InChI=1S/C12H18Cl2N2O/c1-12(2,3)16-6-10(17)7-4-8(13)11(15)9(14)5-7/h4-5,10,16-17H,6,15H2,1-3H3/p+1/t10-/m0/s1. The van der Waals surface area contributed by atoms with Crippen LogP contribution in [-0.4, -0.2) is 17.2 Å². The molecule has 1 aromatic carbocycles. The highest BCUT2D eigenvalue weighted by Gasteiger charge is 2.18. The predicted molar refractivity (Wildman–Crippen MR) is 72.4 cm³/mol. The molecule has 1 aromatic rings. The van der Waals surface area contributed by atoms with Crippen LogP contribution in [-0.2, 0) is 0 Å². The van der Waals surface area contributed by atoms with E-state index in [0.29, 0.717) is 27.8 Å². The molecule has 0 aromatic heterocycles. The van der Waals surface area contributed by atoms with E-state index < -0.39 is 6.10 Å². The third-order valence-electron chi connectivity index (χ3n) is 2.44. The van der Waals surface area contributed by atoms with Gasteiger partial charge in [-0.2, -0.15) is 0 Å². The summed E-state index contributed by atoms with van der Waals surface area (Å²) in [6.07, 6.45) is -0.607. The Morgan fingerprint density at radius 3 is 2.18 bits per heavy atom. The molecule has 0 radical (unpaired) electrons. The molecule has 0 fully saturated rings. The van der Waals surface area contributed by atoms with Gasteiger partial charge in [-0.25, -0.2) is 0 Å². The normalized spacial score (nSPS) is 13.8. The average Bonchev–Trinajstić information content (AvgIpc) is 2.20. The Hall–Kier alpha value is -0.480. The lowest BCUT2D eigenvalue weighted by Crippen LogP contribution is -2.95. The zero-order valence-corrected chi connectivity index (χ0v) is 11.8. The molecule has 3 nitrogen and oxygen atoms in total. The number of halogens is 2. The fraction of sp³-hybridized carbons (Fsp3) is 0.500. The zero-order valence-electron chi connectivity index (χ0n) is 10.3. The van der Waals surface area contributed by atoms with Gasteiger partial charge in [-0.3, -0.25) is 0 Å². The second-order valence-corrected chi connectivity index (χ2v) is 6.03. The molecule has 1 atom stereocenters. The van der Waals surface area contributed by atoms with Crippen LogP contribution in [0.15, 0.2) is 12.1 Å². The van der Waals surface area contributed by atoms with Gasteiger partial charge in [0, 0.05) is 0 Å². The maximum absolute atomic E-state index is 10.0. The van der Waals surface area contributed by atoms with Crippen LogP contribution < -0.4 is 11.1 Å². The topological polar surface area (TPSA) is 62.9 Å². The second-order valence-electron chi connectivity index (χ2n) is 5.22. The predicted octanol–water partition coefficient (Wildman–Crippen LogP) is 1.97. The first kappa shape index (κ1) is 14.6. The van der Waals surface area contributed by atoms with Crippen molar-refractivity contribution in [1.82, 2.24) is 0 Å². The smallest absolute Gasteiger partial charge is 0.128 e. The number of aliphatic hydroxyl groups excluding tert-OH is 1. The molecule has 5 heteroatoms. The minimum atomic E-state index is -0.607. The maximum Gasteiger partial charge on any atom is 0.128 e. The molecule has 96 valence electrons. The lowest BCUT2D eigenvalue weighted by molar-refractivity contribution is -0.722. The van der Waals surface area contributed by atoms with Crippen molar-refractivity contribution in [2.75, 3.05) is 12.3 Å². The number of aliphatic hydroxyl groups is 1. The van der Waals surface area contributed by atoms with Crippen LogP contribution in [0.4, 0.5) is 5.69 Å². The number of nitrogen functional groups attached to an aromatic ring is 1. The SMILES string of the molecule is CC(C)(C)[NH2+]C[C@H](O)c1cc(Cl)c(N)c(Cl)c1. The molecule has 0 amide bonds. The molecule has 0 aliphatic heterocycles. The van der Waals surface area contributed by atoms with Crippen LogP contribution >= 0.6 is 23.2 Å². The monoisotopic (exact) mass is 277 g/mol. The lowest BCUT2D eigenvalue weighted by Gasteiger charge is -2.20. The Bertz CT molecular complexity index is 379. The summed E-state index contributed by atoms with van der Waals surface area (Å²) in [5, 5.41) is 12.9.